The monoisotopic (exact) mass is 481 g/mol. The summed E-state index contributed by atoms with van der Waals surface area (Å²) in [6, 6.07) is 18.0. The van der Waals surface area contributed by atoms with Gasteiger partial charge >= 0.3 is 0 Å². The molecule has 0 aliphatic carbocycles. The average molecular weight is 482 g/mol. The fraction of sp³-hybridized carbons (Fsp3) is 0.120. The van der Waals surface area contributed by atoms with Crippen LogP contribution in [0, 0.1) is 5.82 Å². The first-order valence-corrected chi connectivity index (χ1v) is 11.6. The van der Waals surface area contributed by atoms with E-state index in [1.165, 1.54) is 23.9 Å². The zero-order valence-electron chi connectivity index (χ0n) is 17.2. The fourth-order valence-electron chi connectivity index (χ4n) is 3.38. The van der Waals surface area contributed by atoms with E-state index in [1.807, 2.05) is 0 Å². The summed E-state index contributed by atoms with van der Waals surface area (Å²) in [7, 11) is 0. The lowest BCUT2D eigenvalue weighted by molar-refractivity contribution is 0.310. The van der Waals surface area contributed by atoms with Crippen LogP contribution in [0.4, 0.5) is 4.39 Å². The van der Waals surface area contributed by atoms with Gasteiger partial charge in [0, 0.05) is 16.3 Å². The summed E-state index contributed by atoms with van der Waals surface area (Å²) in [5.41, 5.74) is 2.13. The van der Waals surface area contributed by atoms with E-state index in [4.69, 9.17) is 25.2 Å². The number of para-hydroxylation sites is 1. The largest absolute Gasteiger partial charge is 0.486 e. The molecule has 0 saturated heterocycles. The number of halogens is 2. The minimum Gasteiger partial charge on any atom is -0.486 e. The Labute approximate surface area is 197 Å². The zero-order valence-corrected chi connectivity index (χ0v) is 18.8. The lowest BCUT2D eigenvalue weighted by atomic mass is 10.1. The highest BCUT2D eigenvalue weighted by Crippen LogP contribution is 2.31. The molecule has 0 spiro atoms. The second-order valence-electron chi connectivity index (χ2n) is 7.23. The summed E-state index contributed by atoms with van der Waals surface area (Å²) in [5, 5.41) is 1.58. The van der Waals surface area contributed by atoms with Crippen molar-refractivity contribution < 1.29 is 18.0 Å². The summed E-state index contributed by atoms with van der Waals surface area (Å²) in [4.78, 5) is 17.5. The Morgan fingerprint density at radius 1 is 1.00 bits per heavy atom. The van der Waals surface area contributed by atoms with Gasteiger partial charge in [-0.1, -0.05) is 35.5 Å². The fourth-order valence-corrected chi connectivity index (χ4v) is 4.30. The molecular formula is C25H17ClFNO4S. The third-order valence-corrected chi connectivity index (χ3v) is 6.10. The molecule has 5 aromatic rings. The van der Waals surface area contributed by atoms with Gasteiger partial charge in [0.05, 0.1) is 12.0 Å². The summed E-state index contributed by atoms with van der Waals surface area (Å²) >= 11 is 7.44. The normalized spacial score (nSPS) is 11.3. The van der Waals surface area contributed by atoms with Gasteiger partial charge in [0.15, 0.2) is 11.3 Å². The molecule has 2 heterocycles. The van der Waals surface area contributed by atoms with E-state index in [2.05, 4.69) is 4.98 Å². The van der Waals surface area contributed by atoms with Gasteiger partial charge in [-0.3, -0.25) is 4.79 Å². The van der Waals surface area contributed by atoms with Crippen LogP contribution in [0.25, 0.3) is 33.4 Å². The van der Waals surface area contributed by atoms with Crippen LogP contribution >= 0.6 is 23.4 Å². The van der Waals surface area contributed by atoms with Crippen molar-refractivity contribution in [3.05, 3.63) is 87.8 Å². The second-order valence-corrected chi connectivity index (χ2v) is 8.72. The van der Waals surface area contributed by atoms with Crippen LogP contribution in [-0.4, -0.2) is 17.3 Å². The van der Waals surface area contributed by atoms with Gasteiger partial charge in [0.25, 0.3) is 5.22 Å². The van der Waals surface area contributed by atoms with Crippen molar-refractivity contribution >= 4 is 45.4 Å². The van der Waals surface area contributed by atoms with Crippen LogP contribution in [0.5, 0.6) is 5.75 Å². The van der Waals surface area contributed by atoms with Crippen LogP contribution < -0.4 is 10.2 Å². The van der Waals surface area contributed by atoms with E-state index in [-0.39, 0.29) is 29.4 Å². The Hall–Kier alpha value is -3.29. The van der Waals surface area contributed by atoms with Crippen molar-refractivity contribution in [2.75, 3.05) is 12.4 Å². The molecule has 0 radical (unpaired) electrons. The van der Waals surface area contributed by atoms with Crippen LogP contribution in [0.2, 0.25) is 5.02 Å². The highest BCUT2D eigenvalue weighted by Gasteiger charge is 2.18. The van der Waals surface area contributed by atoms with Crippen molar-refractivity contribution in [2.45, 2.75) is 11.6 Å². The quantitative estimate of drug-likeness (QED) is 0.185. The molecule has 5 nitrogen and oxygen atoms in total. The molecule has 8 heteroatoms. The number of rotatable bonds is 7. The molecular weight excluding hydrogens is 465 g/mol. The van der Waals surface area contributed by atoms with Crippen molar-refractivity contribution in [1.29, 1.82) is 0 Å². The Balaban J connectivity index is 1.32. The molecule has 0 N–H and O–H groups in total. The first-order valence-electron chi connectivity index (χ1n) is 10.2. The predicted molar refractivity (Wildman–Crippen MR) is 128 cm³/mol. The number of nitrogens with zero attached hydrogens (tertiary/aromatic N) is 1. The maximum Gasteiger partial charge on any atom is 0.256 e. The van der Waals surface area contributed by atoms with Crippen LogP contribution in [0.1, 0.15) is 6.42 Å². The summed E-state index contributed by atoms with van der Waals surface area (Å²) < 4.78 is 31.0. The number of benzene rings is 3. The molecule has 0 amide bonds. The van der Waals surface area contributed by atoms with Gasteiger partial charge in [-0.05, 0) is 61.0 Å². The standard InChI is InChI=1S/C25H17ClFNO4S/c26-16-8-11-21-19(14-16)28-25(32-21)33-13-3-12-30-24-22(29)18-4-1-2-5-20(18)31-23(24)15-6-9-17(27)10-7-15/h1-2,4-11,14H,3,12-13H2. The minimum absolute atomic E-state index is 0.113. The van der Waals surface area contributed by atoms with E-state index in [0.29, 0.717) is 50.1 Å². The SMILES string of the molecule is O=c1c(OCCCSc2nc3cc(Cl)ccc3o2)c(-c2ccc(F)cc2)oc2ccccc12. The molecule has 2 aromatic heterocycles. The van der Waals surface area contributed by atoms with Gasteiger partial charge < -0.3 is 13.6 Å². The van der Waals surface area contributed by atoms with Crippen LogP contribution in [-0.2, 0) is 0 Å². The molecule has 3 aromatic carbocycles. The number of thioether (sulfide) groups is 1. The Morgan fingerprint density at radius 3 is 2.67 bits per heavy atom. The van der Waals surface area contributed by atoms with Gasteiger partial charge in [-0.25, -0.2) is 9.37 Å². The number of hydrogen-bond acceptors (Lipinski definition) is 6. The molecule has 0 aliphatic heterocycles. The number of ether oxygens (including phenoxy) is 1. The Kier molecular flexibility index (Phi) is 6.07. The van der Waals surface area contributed by atoms with Crippen molar-refractivity contribution in [1.82, 2.24) is 4.98 Å². The molecule has 0 bridgehead atoms. The maximum absolute atomic E-state index is 13.4. The molecule has 166 valence electrons. The average Bonchev–Trinajstić information content (AvgIpc) is 3.22. The van der Waals surface area contributed by atoms with Gasteiger partial charge in [0.2, 0.25) is 11.2 Å². The van der Waals surface area contributed by atoms with E-state index < -0.39 is 0 Å². The molecule has 0 unspecified atom stereocenters. The molecule has 0 saturated carbocycles. The topological polar surface area (TPSA) is 65.5 Å². The highest BCUT2D eigenvalue weighted by atomic mass is 35.5. The predicted octanol–water partition coefficient (Wildman–Crippen LogP) is 6.95. The van der Waals surface area contributed by atoms with Crippen molar-refractivity contribution in [3.63, 3.8) is 0 Å². The zero-order chi connectivity index (χ0) is 22.8. The number of fused-ring (bicyclic) bond motifs is 2. The summed E-state index contributed by atoms with van der Waals surface area (Å²) in [5.74, 6) is 0.692. The smallest absolute Gasteiger partial charge is 0.256 e. The lowest BCUT2D eigenvalue weighted by Crippen LogP contribution is -2.11. The second kappa shape index (κ2) is 9.29. The third kappa shape index (κ3) is 4.60. The highest BCUT2D eigenvalue weighted by molar-refractivity contribution is 7.99. The molecule has 0 aliphatic rings. The minimum atomic E-state index is -0.372. The van der Waals surface area contributed by atoms with E-state index in [1.54, 1.807) is 54.6 Å². The number of aromatic nitrogens is 1. The maximum atomic E-state index is 13.4. The molecule has 0 atom stereocenters. The Bertz CT molecular complexity index is 1500. The van der Waals surface area contributed by atoms with Crippen LogP contribution in [0.15, 0.2) is 85.6 Å². The van der Waals surface area contributed by atoms with Crippen molar-refractivity contribution in [2.24, 2.45) is 0 Å². The van der Waals surface area contributed by atoms with E-state index >= 15 is 0 Å². The summed E-state index contributed by atoms with van der Waals surface area (Å²) in [6.45, 7) is 0.288. The third-order valence-electron chi connectivity index (χ3n) is 4.95. The summed E-state index contributed by atoms with van der Waals surface area (Å²) in [6.07, 6.45) is 0.638. The first-order chi connectivity index (χ1) is 16.1. The first kappa shape index (κ1) is 21.6. The van der Waals surface area contributed by atoms with Crippen LogP contribution in [0.3, 0.4) is 0 Å². The van der Waals surface area contributed by atoms with Gasteiger partial charge in [0.1, 0.15) is 16.9 Å². The number of hydrogen-bond donors (Lipinski definition) is 0. The molecule has 0 fully saturated rings. The molecule has 33 heavy (non-hydrogen) atoms. The number of oxazole rings is 1. The van der Waals surface area contributed by atoms with Crippen molar-refractivity contribution in [3.8, 4) is 17.1 Å². The lowest BCUT2D eigenvalue weighted by Gasteiger charge is -2.11. The van der Waals surface area contributed by atoms with E-state index in [9.17, 15) is 9.18 Å². The van der Waals surface area contributed by atoms with Gasteiger partial charge in [-0.2, -0.15) is 0 Å². The van der Waals surface area contributed by atoms with E-state index in [0.717, 1.165) is 0 Å². The Morgan fingerprint density at radius 2 is 1.82 bits per heavy atom. The molecule has 5 rings (SSSR count). The van der Waals surface area contributed by atoms with Gasteiger partial charge in [-0.15, -0.1) is 0 Å².